The predicted molar refractivity (Wildman–Crippen MR) is 127 cm³/mol. The van der Waals surface area contributed by atoms with Crippen LogP contribution in [0.5, 0.6) is 11.5 Å². The largest absolute Gasteiger partial charge is 0.497 e. The van der Waals surface area contributed by atoms with E-state index in [2.05, 4.69) is 27.4 Å². The number of methoxy groups -OCH3 is 2. The van der Waals surface area contributed by atoms with E-state index in [-0.39, 0.29) is 17.9 Å². The molecule has 1 saturated heterocycles. The fourth-order valence-electron chi connectivity index (χ4n) is 3.84. The van der Waals surface area contributed by atoms with E-state index in [1.807, 2.05) is 48.5 Å². The van der Waals surface area contributed by atoms with Gasteiger partial charge in [-0.05, 0) is 42.3 Å². The summed E-state index contributed by atoms with van der Waals surface area (Å²) >= 11 is 0. The Bertz CT molecular complexity index is 902. The van der Waals surface area contributed by atoms with E-state index < -0.39 is 0 Å². The molecule has 33 heavy (non-hydrogen) atoms. The molecule has 3 rings (SSSR count). The first-order valence-electron chi connectivity index (χ1n) is 11.2. The Labute approximate surface area is 195 Å². The number of hydrogen-bond donors (Lipinski definition) is 2. The van der Waals surface area contributed by atoms with E-state index in [9.17, 15) is 9.59 Å². The van der Waals surface area contributed by atoms with E-state index >= 15 is 0 Å². The summed E-state index contributed by atoms with van der Waals surface area (Å²) in [5.41, 5.74) is 2.06. The molecular formula is C25H34N4O4. The monoisotopic (exact) mass is 454 g/mol. The lowest BCUT2D eigenvalue weighted by Crippen LogP contribution is -2.55. The summed E-state index contributed by atoms with van der Waals surface area (Å²) in [5.74, 6) is 1.60. The average Bonchev–Trinajstić information content (AvgIpc) is 2.84. The van der Waals surface area contributed by atoms with Gasteiger partial charge in [0, 0.05) is 38.8 Å². The average molecular weight is 455 g/mol. The van der Waals surface area contributed by atoms with Crippen molar-refractivity contribution < 1.29 is 19.1 Å². The van der Waals surface area contributed by atoms with Gasteiger partial charge in [-0.3, -0.25) is 19.4 Å². The highest BCUT2D eigenvalue weighted by Gasteiger charge is 2.26. The van der Waals surface area contributed by atoms with Gasteiger partial charge in [0.05, 0.1) is 27.3 Å². The van der Waals surface area contributed by atoms with E-state index in [1.54, 1.807) is 14.2 Å². The van der Waals surface area contributed by atoms with E-state index in [0.29, 0.717) is 26.2 Å². The molecule has 0 saturated carbocycles. The fourth-order valence-corrected chi connectivity index (χ4v) is 3.84. The van der Waals surface area contributed by atoms with Crippen molar-refractivity contribution >= 4 is 11.8 Å². The summed E-state index contributed by atoms with van der Waals surface area (Å²) in [7, 11) is 3.26. The molecule has 8 nitrogen and oxygen atoms in total. The zero-order valence-corrected chi connectivity index (χ0v) is 19.7. The molecule has 0 aliphatic carbocycles. The number of piperazine rings is 1. The minimum absolute atomic E-state index is 0.00310. The zero-order valence-electron chi connectivity index (χ0n) is 19.7. The molecule has 1 heterocycles. The second-order valence-corrected chi connectivity index (χ2v) is 8.30. The van der Waals surface area contributed by atoms with Gasteiger partial charge in [0.1, 0.15) is 11.5 Å². The van der Waals surface area contributed by atoms with Crippen LogP contribution >= 0.6 is 0 Å². The molecule has 1 aliphatic heterocycles. The lowest BCUT2D eigenvalue weighted by molar-refractivity contribution is -0.126. The Hall–Kier alpha value is -3.10. The van der Waals surface area contributed by atoms with Crippen molar-refractivity contribution in [3.05, 3.63) is 59.7 Å². The third-order valence-electron chi connectivity index (χ3n) is 5.86. The Morgan fingerprint density at radius 1 is 0.818 bits per heavy atom. The third kappa shape index (κ3) is 7.76. The van der Waals surface area contributed by atoms with Crippen LogP contribution in [0.25, 0.3) is 0 Å². The van der Waals surface area contributed by atoms with Crippen LogP contribution in [-0.2, 0) is 22.7 Å². The molecule has 2 aromatic rings. The third-order valence-corrected chi connectivity index (χ3v) is 5.86. The molecule has 8 heteroatoms. The van der Waals surface area contributed by atoms with Gasteiger partial charge in [-0.15, -0.1) is 0 Å². The van der Waals surface area contributed by atoms with Gasteiger partial charge in [0.15, 0.2) is 0 Å². The molecule has 2 aromatic carbocycles. The predicted octanol–water partition coefficient (Wildman–Crippen LogP) is 1.64. The summed E-state index contributed by atoms with van der Waals surface area (Å²) in [6, 6.07) is 15.5. The maximum Gasteiger partial charge on any atom is 0.234 e. The summed E-state index contributed by atoms with van der Waals surface area (Å²) in [4.78, 5) is 29.1. The van der Waals surface area contributed by atoms with E-state index in [4.69, 9.17) is 9.47 Å². The van der Waals surface area contributed by atoms with Crippen molar-refractivity contribution in [1.29, 1.82) is 0 Å². The van der Waals surface area contributed by atoms with Gasteiger partial charge < -0.3 is 20.1 Å². The van der Waals surface area contributed by atoms with Gasteiger partial charge in [-0.1, -0.05) is 24.3 Å². The van der Waals surface area contributed by atoms with Gasteiger partial charge in [0.25, 0.3) is 0 Å². The van der Waals surface area contributed by atoms with Gasteiger partial charge >= 0.3 is 0 Å². The summed E-state index contributed by atoms with van der Waals surface area (Å²) < 4.78 is 10.3. The molecule has 178 valence electrons. The zero-order chi connectivity index (χ0) is 23.6. The number of carbonyl (C=O) groups excluding carboxylic acids is 2. The van der Waals surface area contributed by atoms with Gasteiger partial charge in [-0.2, -0.15) is 0 Å². The second kappa shape index (κ2) is 12.2. The van der Waals surface area contributed by atoms with Crippen LogP contribution in [0.3, 0.4) is 0 Å². The normalized spacial score (nSPS) is 16.8. The first kappa shape index (κ1) is 24.5. The number of nitrogens with one attached hydrogen (secondary N) is 2. The maximum absolute atomic E-state index is 12.4. The van der Waals surface area contributed by atoms with Crippen LogP contribution in [0.15, 0.2) is 48.5 Å². The lowest BCUT2D eigenvalue weighted by Gasteiger charge is -2.39. The lowest BCUT2D eigenvalue weighted by atomic mass is 10.2. The quantitative estimate of drug-likeness (QED) is 0.568. The molecular weight excluding hydrogens is 420 g/mol. The first-order valence-corrected chi connectivity index (χ1v) is 11.2. The van der Waals surface area contributed by atoms with Crippen molar-refractivity contribution in [2.75, 3.05) is 46.9 Å². The SMILES string of the molecule is COc1ccc(CNC(=O)CN2CCN(CC(=O)NCc3ccc(OC)cc3)C(C)C2)cc1. The van der Waals surface area contributed by atoms with E-state index in [0.717, 1.165) is 42.3 Å². The number of rotatable bonds is 10. The van der Waals surface area contributed by atoms with Crippen LogP contribution in [0.4, 0.5) is 0 Å². The number of ether oxygens (including phenoxy) is 2. The summed E-state index contributed by atoms with van der Waals surface area (Å²) in [6.45, 7) is 6.06. The molecule has 0 spiro atoms. The van der Waals surface area contributed by atoms with Crippen molar-refractivity contribution in [2.45, 2.75) is 26.1 Å². The minimum atomic E-state index is 0.00310. The molecule has 0 radical (unpaired) electrons. The highest BCUT2D eigenvalue weighted by molar-refractivity contribution is 5.78. The number of nitrogens with zero attached hydrogens (tertiary/aromatic N) is 2. The molecule has 1 atom stereocenters. The van der Waals surface area contributed by atoms with Crippen molar-refractivity contribution in [3.63, 3.8) is 0 Å². The summed E-state index contributed by atoms with van der Waals surface area (Å²) in [5, 5.41) is 5.95. The minimum Gasteiger partial charge on any atom is -0.497 e. The number of carbonyl (C=O) groups is 2. The van der Waals surface area contributed by atoms with E-state index in [1.165, 1.54) is 0 Å². The highest BCUT2D eigenvalue weighted by Crippen LogP contribution is 2.13. The number of benzene rings is 2. The molecule has 1 unspecified atom stereocenters. The van der Waals surface area contributed by atoms with Crippen molar-refractivity contribution in [2.24, 2.45) is 0 Å². The fraction of sp³-hybridized carbons (Fsp3) is 0.440. The van der Waals surface area contributed by atoms with Crippen LogP contribution in [0.2, 0.25) is 0 Å². The number of amides is 2. The van der Waals surface area contributed by atoms with Crippen LogP contribution < -0.4 is 20.1 Å². The first-order chi connectivity index (χ1) is 16.0. The standard InChI is InChI=1S/C25H34N4O4/c1-19-16-28(17-24(30)26-14-20-4-8-22(32-2)9-5-20)12-13-29(19)18-25(31)27-15-21-6-10-23(33-3)11-7-21/h4-11,19H,12-18H2,1-3H3,(H,26,30)(H,27,31). The van der Waals surface area contributed by atoms with Crippen LogP contribution in [0.1, 0.15) is 18.1 Å². The van der Waals surface area contributed by atoms with Gasteiger partial charge in [0.2, 0.25) is 11.8 Å². The topological polar surface area (TPSA) is 83.1 Å². The highest BCUT2D eigenvalue weighted by atomic mass is 16.5. The Balaban J connectivity index is 1.35. The molecule has 2 amide bonds. The molecule has 1 fully saturated rings. The van der Waals surface area contributed by atoms with Crippen molar-refractivity contribution in [1.82, 2.24) is 20.4 Å². The van der Waals surface area contributed by atoms with Crippen LogP contribution in [0, 0.1) is 0 Å². The van der Waals surface area contributed by atoms with Crippen LogP contribution in [-0.4, -0.2) is 74.6 Å². The smallest absolute Gasteiger partial charge is 0.234 e. The maximum atomic E-state index is 12.4. The Morgan fingerprint density at radius 3 is 1.76 bits per heavy atom. The molecule has 0 bridgehead atoms. The Kier molecular flexibility index (Phi) is 9.09. The summed E-state index contributed by atoms with van der Waals surface area (Å²) in [6.07, 6.45) is 0. The number of hydrogen-bond acceptors (Lipinski definition) is 6. The molecule has 1 aliphatic rings. The Morgan fingerprint density at radius 2 is 1.30 bits per heavy atom. The second-order valence-electron chi connectivity index (χ2n) is 8.30. The van der Waals surface area contributed by atoms with Gasteiger partial charge in [-0.25, -0.2) is 0 Å². The molecule has 0 aromatic heterocycles. The van der Waals surface area contributed by atoms with Crippen molar-refractivity contribution in [3.8, 4) is 11.5 Å². The molecule has 2 N–H and O–H groups in total.